The minimum atomic E-state index is -4.67. The number of benzene rings is 2. The summed E-state index contributed by atoms with van der Waals surface area (Å²) in [6, 6.07) is 6.06. The molecule has 4 rings (SSSR count). The molecule has 0 saturated carbocycles. The summed E-state index contributed by atoms with van der Waals surface area (Å²) in [7, 11) is 0. The number of nitrogens with one attached hydrogen (secondary N) is 1. The molecule has 1 unspecified atom stereocenters. The van der Waals surface area contributed by atoms with Gasteiger partial charge in [0.05, 0.1) is 33.8 Å². The molecule has 2 heterocycles. The summed E-state index contributed by atoms with van der Waals surface area (Å²) in [6.45, 7) is 1.95. The quantitative estimate of drug-likeness (QED) is 0.184. The Labute approximate surface area is 204 Å². The van der Waals surface area contributed by atoms with Crippen molar-refractivity contribution >= 4 is 39.5 Å². The predicted molar refractivity (Wildman–Crippen MR) is 122 cm³/mol. The second-order valence-corrected chi connectivity index (χ2v) is 8.63. The van der Waals surface area contributed by atoms with E-state index in [1.807, 2.05) is 6.92 Å². The number of aromatic nitrogens is 2. The Kier molecular flexibility index (Phi) is 6.92. The highest BCUT2D eigenvalue weighted by molar-refractivity contribution is 7.81. The molecular formula is C24H17F5N3O3S-. The Morgan fingerprint density at radius 3 is 2.44 bits per heavy atom. The topological polar surface area (TPSA) is 89.1 Å². The molecule has 0 amide bonds. The molecule has 0 saturated heterocycles. The molecule has 0 aliphatic heterocycles. The maximum Gasteiger partial charge on any atom is 0.416 e. The summed E-state index contributed by atoms with van der Waals surface area (Å²) < 4.78 is 93.2. The van der Waals surface area contributed by atoms with E-state index in [-0.39, 0.29) is 11.3 Å². The van der Waals surface area contributed by atoms with Gasteiger partial charge in [0.1, 0.15) is 11.5 Å². The van der Waals surface area contributed by atoms with E-state index in [0.717, 1.165) is 30.2 Å². The Morgan fingerprint density at radius 1 is 1.14 bits per heavy atom. The number of nitrogens with zero attached hydrogens (tertiary/aromatic N) is 2. The van der Waals surface area contributed by atoms with Gasteiger partial charge in [-0.25, -0.2) is 13.8 Å². The molecule has 6 nitrogen and oxygen atoms in total. The summed E-state index contributed by atoms with van der Waals surface area (Å²) in [4.78, 5) is 20.2. The van der Waals surface area contributed by atoms with Gasteiger partial charge in [-0.1, -0.05) is 13.3 Å². The number of hydrogen-bond donors (Lipinski definition) is 1. The van der Waals surface area contributed by atoms with Crippen LogP contribution in [0.25, 0.3) is 11.0 Å². The number of alkyl halides is 3. The van der Waals surface area contributed by atoms with E-state index >= 15 is 4.39 Å². The zero-order valence-corrected chi connectivity index (χ0v) is 19.3. The lowest BCUT2D eigenvalue weighted by atomic mass is 10.0. The van der Waals surface area contributed by atoms with E-state index in [4.69, 9.17) is 0 Å². The molecule has 4 aromatic rings. The smallest absolute Gasteiger partial charge is 0.416 e. The van der Waals surface area contributed by atoms with E-state index in [1.165, 1.54) is 6.20 Å². The average molecular weight is 522 g/mol. The largest absolute Gasteiger partial charge is 0.755 e. The highest BCUT2D eigenvalue weighted by Gasteiger charge is 2.31. The van der Waals surface area contributed by atoms with Crippen LogP contribution in [0.1, 0.15) is 40.4 Å². The molecule has 12 heteroatoms. The van der Waals surface area contributed by atoms with E-state index in [9.17, 15) is 31.1 Å². The summed E-state index contributed by atoms with van der Waals surface area (Å²) >= 11 is -3.22. The first-order valence-electron chi connectivity index (χ1n) is 10.6. The number of anilines is 2. The van der Waals surface area contributed by atoms with Gasteiger partial charge in [0.25, 0.3) is 0 Å². The van der Waals surface area contributed by atoms with Gasteiger partial charge in [0, 0.05) is 23.3 Å². The first-order chi connectivity index (χ1) is 17.0. The van der Waals surface area contributed by atoms with Gasteiger partial charge < -0.3 is 9.54 Å². The molecule has 2 aromatic heterocycles. The summed E-state index contributed by atoms with van der Waals surface area (Å²) in [6.07, 6.45) is -0.341. The van der Waals surface area contributed by atoms with E-state index < -0.39 is 51.7 Å². The lowest BCUT2D eigenvalue weighted by Crippen LogP contribution is -2.22. The van der Waals surface area contributed by atoms with Gasteiger partial charge in [0.15, 0.2) is 5.82 Å². The zero-order valence-electron chi connectivity index (χ0n) is 18.5. The number of ketones is 1. The van der Waals surface area contributed by atoms with Crippen molar-refractivity contribution in [3.63, 3.8) is 0 Å². The maximum atomic E-state index is 15.6. The van der Waals surface area contributed by atoms with Crippen LogP contribution >= 0.6 is 0 Å². The van der Waals surface area contributed by atoms with Crippen LogP contribution in [0.4, 0.5) is 33.3 Å². The number of H-pyrrole nitrogens is 1. The predicted octanol–water partition coefficient (Wildman–Crippen LogP) is 5.98. The van der Waals surface area contributed by atoms with Gasteiger partial charge in [-0.3, -0.25) is 13.3 Å². The van der Waals surface area contributed by atoms with E-state index in [1.54, 1.807) is 12.3 Å². The first kappa shape index (κ1) is 25.5. The number of hydrogen-bond acceptors (Lipinski definition) is 4. The average Bonchev–Trinajstić information content (AvgIpc) is 3.24. The minimum Gasteiger partial charge on any atom is -0.755 e. The molecule has 0 radical (unpaired) electrons. The molecule has 0 aliphatic rings. The standard InChI is InChI=1S/C24H18F5N3O3S/c1-2-3-13-10-16-17(12-31-23(16)30-11-13)22(33)20-18(25)8-9-19(21(20)26)32(36(34)35)15-6-4-14(5-7-15)24(27,28)29/h4-12H,2-3H2,1H3,(H,30,31)(H,34,35)/p-1. The molecule has 188 valence electrons. The van der Waals surface area contributed by atoms with Gasteiger partial charge in [-0.05, 0) is 54.4 Å². The summed E-state index contributed by atoms with van der Waals surface area (Å²) in [5.41, 5.74) is -2.09. The van der Waals surface area contributed by atoms with Crippen LogP contribution in [-0.4, -0.2) is 24.5 Å². The Bertz CT molecular complexity index is 1470. The molecule has 1 atom stereocenters. The number of rotatable bonds is 7. The van der Waals surface area contributed by atoms with Gasteiger partial charge in [-0.2, -0.15) is 13.2 Å². The third kappa shape index (κ3) is 4.73. The van der Waals surface area contributed by atoms with Crippen molar-refractivity contribution in [2.75, 3.05) is 4.31 Å². The number of aryl methyl sites for hydroxylation is 1. The van der Waals surface area contributed by atoms with Crippen molar-refractivity contribution in [3.8, 4) is 0 Å². The van der Waals surface area contributed by atoms with Crippen LogP contribution in [0, 0.1) is 11.6 Å². The highest BCUT2D eigenvalue weighted by Crippen LogP contribution is 2.36. The highest BCUT2D eigenvalue weighted by atomic mass is 32.2. The molecule has 0 aliphatic carbocycles. The van der Waals surface area contributed by atoms with Gasteiger partial charge >= 0.3 is 6.18 Å². The van der Waals surface area contributed by atoms with Crippen LogP contribution in [0.2, 0.25) is 0 Å². The number of aromatic amines is 1. The van der Waals surface area contributed by atoms with Crippen LogP contribution in [0.15, 0.2) is 54.9 Å². The molecule has 1 N–H and O–H groups in total. The second kappa shape index (κ2) is 9.78. The van der Waals surface area contributed by atoms with Crippen molar-refractivity contribution < 1.29 is 35.5 Å². The molecule has 0 fully saturated rings. The third-order valence-corrected chi connectivity index (χ3v) is 6.17. The molecule has 36 heavy (non-hydrogen) atoms. The van der Waals surface area contributed by atoms with Crippen molar-refractivity contribution in [3.05, 3.63) is 88.7 Å². The Hall–Kier alpha value is -3.64. The van der Waals surface area contributed by atoms with Gasteiger partial charge in [0.2, 0.25) is 5.78 Å². The van der Waals surface area contributed by atoms with Gasteiger partial charge in [-0.15, -0.1) is 0 Å². The maximum absolute atomic E-state index is 15.6. The lowest BCUT2D eigenvalue weighted by molar-refractivity contribution is -0.137. The fourth-order valence-corrected chi connectivity index (χ4v) is 4.39. The SMILES string of the molecule is CCCc1cnc2[nH]cc(C(=O)c3c(F)ccc(N(c4ccc(C(F)(F)F)cc4)S(=O)[O-])c3F)c2c1. The molecule has 2 aromatic carbocycles. The van der Waals surface area contributed by atoms with Crippen LogP contribution in [0.3, 0.4) is 0 Å². The number of carbonyl (C=O) groups is 1. The Balaban J connectivity index is 1.81. The third-order valence-electron chi connectivity index (χ3n) is 5.47. The number of fused-ring (bicyclic) bond motifs is 1. The van der Waals surface area contributed by atoms with Crippen LogP contribution < -0.4 is 4.31 Å². The molecular weight excluding hydrogens is 505 g/mol. The normalized spacial score (nSPS) is 12.6. The molecule has 0 spiro atoms. The van der Waals surface area contributed by atoms with Crippen molar-refractivity contribution in [2.45, 2.75) is 25.9 Å². The first-order valence-corrected chi connectivity index (χ1v) is 11.6. The molecule has 0 bridgehead atoms. The van der Waals surface area contributed by atoms with Crippen molar-refractivity contribution in [2.24, 2.45) is 0 Å². The monoisotopic (exact) mass is 522 g/mol. The summed E-state index contributed by atoms with van der Waals surface area (Å²) in [5, 5.41) is 0.335. The van der Waals surface area contributed by atoms with E-state index in [0.29, 0.717) is 40.0 Å². The van der Waals surface area contributed by atoms with E-state index in [2.05, 4.69) is 9.97 Å². The lowest BCUT2D eigenvalue weighted by Gasteiger charge is -2.27. The number of carbonyl (C=O) groups excluding carboxylic acids is 1. The van der Waals surface area contributed by atoms with Crippen molar-refractivity contribution in [1.82, 2.24) is 9.97 Å². The number of halogens is 5. The second-order valence-electron chi connectivity index (χ2n) is 7.83. The van der Waals surface area contributed by atoms with Crippen molar-refractivity contribution in [1.29, 1.82) is 0 Å². The van der Waals surface area contributed by atoms with Crippen LogP contribution in [0.5, 0.6) is 0 Å². The fraction of sp³-hybridized carbons (Fsp3) is 0.167. The van der Waals surface area contributed by atoms with Crippen LogP contribution in [-0.2, 0) is 23.9 Å². The number of pyridine rings is 1. The fourth-order valence-electron chi connectivity index (χ4n) is 3.79. The zero-order chi connectivity index (χ0) is 26.2. The summed E-state index contributed by atoms with van der Waals surface area (Å²) in [5.74, 6) is -3.79. The minimum absolute atomic E-state index is 0.0743. The Morgan fingerprint density at radius 2 is 1.83 bits per heavy atom.